The van der Waals surface area contributed by atoms with Gasteiger partial charge in [-0.3, -0.25) is 0 Å². The summed E-state index contributed by atoms with van der Waals surface area (Å²) in [4.78, 5) is 11.9. The fourth-order valence-corrected chi connectivity index (χ4v) is 2.80. The van der Waals surface area contributed by atoms with Gasteiger partial charge in [-0.25, -0.2) is 4.79 Å². The van der Waals surface area contributed by atoms with Crippen molar-refractivity contribution in [3.63, 3.8) is 0 Å². The molecule has 0 amide bonds. The summed E-state index contributed by atoms with van der Waals surface area (Å²) in [6, 6.07) is 13.4. The molecular weight excluding hydrogens is 280 g/mol. The molecule has 0 fully saturated rings. The minimum Gasteiger partial charge on any atom is -0.478 e. The molecule has 0 unspecified atom stereocenters. The zero-order valence-corrected chi connectivity index (χ0v) is 12.0. The molecule has 0 saturated carbocycles. The van der Waals surface area contributed by atoms with Gasteiger partial charge in [0.25, 0.3) is 0 Å². The molecule has 0 atom stereocenters. The van der Waals surface area contributed by atoms with Crippen molar-refractivity contribution >= 4 is 29.3 Å². The molecule has 2 aromatic carbocycles. The SMILES string of the molecule is Cc1cccc(CSc2ccc(Cl)c(C(=O)O)c2)c1. The highest BCUT2D eigenvalue weighted by atomic mass is 35.5. The summed E-state index contributed by atoms with van der Waals surface area (Å²) in [5.41, 5.74) is 2.59. The molecule has 0 heterocycles. The second-order valence-electron chi connectivity index (χ2n) is 4.22. The lowest BCUT2D eigenvalue weighted by Crippen LogP contribution is -1.97. The van der Waals surface area contributed by atoms with Gasteiger partial charge in [-0.15, -0.1) is 11.8 Å². The van der Waals surface area contributed by atoms with Gasteiger partial charge in [0.2, 0.25) is 0 Å². The van der Waals surface area contributed by atoms with Gasteiger partial charge < -0.3 is 5.11 Å². The lowest BCUT2D eigenvalue weighted by Gasteiger charge is -2.05. The van der Waals surface area contributed by atoms with E-state index < -0.39 is 5.97 Å². The van der Waals surface area contributed by atoms with E-state index in [-0.39, 0.29) is 10.6 Å². The van der Waals surface area contributed by atoms with Gasteiger partial charge in [-0.2, -0.15) is 0 Å². The smallest absolute Gasteiger partial charge is 0.337 e. The molecule has 0 aliphatic rings. The van der Waals surface area contributed by atoms with Crippen LogP contribution in [0, 0.1) is 6.92 Å². The highest BCUT2D eigenvalue weighted by Crippen LogP contribution is 2.27. The summed E-state index contributed by atoms with van der Waals surface area (Å²) in [5, 5.41) is 9.29. The number of rotatable bonds is 4. The van der Waals surface area contributed by atoms with E-state index in [9.17, 15) is 4.79 Å². The minimum absolute atomic E-state index is 0.149. The standard InChI is InChI=1S/C15H13ClO2S/c1-10-3-2-4-11(7-10)9-19-12-5-6-14(16)13(8-12)15(17)18/h2-8H,9H2,1H3,(H,17,18). The molecule has 2 nitrogen and oxygen atoms in total. The number of halogens is 1. The second-order valence-corrected chi connectivity index (χ2v) is 5.68. The van der Waals surface area contributed by atoms with Gasteiger partial charge in [-0.1, -0.05) is 41.4 Å². The number of aryl methyl sites for hydroxylation is 1. The predicted octanol–water partition coefficient (Wildman–Crippen LogP) is 4.64. The third-order valence-corrected chi connectivity index (χ3v) is 4.05. The number of aromatic carboxylic acids is 1. The molecule has 19 heavy (non-hydrogen) atoms. The van der Waals surface area contributed by atoms with Gasteiger partial charge in [0.1, 0.15) is 0 Å². The molecule has 0 aromatic heterocycles. The molecule has 98 valence electrons. The summed E-state index contributed by atoms with van der Waals surface area (Å²) in [5.74, 6) is -0.189. The van der Waals surface area contributed by atoms with Crippen LogP contribution in [0.3, 0.4) is 0 Å². The number of thioether (sulfide) groups is 1. The number of carboxylic acid groups (broad SMARTS) is 1. The van der Waals surface area contributed by atoms with Crippen LogP contribution >= 0.6 is 23.4 Å². The highest BCUT2D eigenvalue weighted by Gasteiger charge is 2.09. The van der Waals surface area contributed by atoms with Crippen LogP contribution in [0.2, 0.25) is 5.02 Å². The van der Waals surface area contributed by atoms with Gasteiger partial charge in [0.15, 0.2) is 0 Å². The van der Waals surface area contributed by atoms with Crippen molar-refractivity contribution in [3.05, 3.63) is 64.2 Å². The third-order valence-electron chi connectivity index (χ3n) is 2.66. The average Bonchev–Trinajstić information content (AvgIpc) is 2.37. The van der Waals surface area contributed by atoms with Crippen molar-refractivity contribution in [1.82, 2.24) is 0 Å². The van der Waals surface area contributed by atoms with Crippen molar-refractivity contribution in [2.45, 2.75) is 17.6 Å². The Bertz CT molecular complexity index is 611. The van der Waals surface area contributed by atoms with Crippen LogP contribution in [0.1, 0.15) is 21.5 Å². The fourth-order valence-electron chi connectivity index (χ4n) is 1.73. The van der Waals surface area contributed by atoms with E-state index in [0.29, 0.717) is 0 Å². The Morgan fingerprint density at radius 3 is 2.74 bits per heavy atom. The quantitative estimate of drug-likeness (QED) is 0.834. The number of carbonyl (C=O) groups is 1. The van der Waals surface area contributed by atoms with E-state index in [1.165, 1.54) is 11.1 Å². The first-order valence-electron chi connectivity index (χ1n) is 5.77. The van der Waals surface area contributed by atoms with E-state index in [2.05, 4.69) is 25.1 Å². The molecule has 2 aromatic rings. The van der Waals surface area contributed by atoms with Gasteiger partial charge >= 0.3 is 5.97 Å². The lowest BCUT2D eigenvalue weighted by atomic mass is 10.2. The summed E-state index contributed by atoms with van der Waals surface area (Å²) < 4.78 is 0. The first kappa shape index (κ1) is 14.0. The second kappa shape index (κ2) is 6.13. The van der Waals surface area contributed by atoms with Gasteiger partial charge in [0, 0.05) is 10.6 Å². The van der Waals surface area contributed by atoms with Crippen LogP contribution in [-0.4, -0.2) is 11.1 Å². The van der Waals surface area contributed by atoms with Gasteiger partial charge in [0.05, 0.1) is 10.6 Å². The largest absolute Gasteiger partial charge is 0.478 e. The normalized spacial score (nSPS) is 10.4. The van der Waals surface area contributed by atoms with E-state index in [0.717, 1.165) is 10.6 Å². The maximum Gasteiger partial charge on any atom is 0.337 e. The minimum atomic E-state index is -0.997. The Balaban J connectivity index is 2.12. The van der Waals surface area contributed by atoms with E-state index in [4.69, 9.17) is 16.7 Å². The van der Waals surface area contributed by atoms with Crippen molar-refractivity contribution in [3.8, 4) is 0 Å². The van der Waals surface area contributed by atoms with Crippen LogP contribution in [0.5, 0.6) is 0 Å². The first-order valence-corrected chi connectivity index (χ1v) is 7.14. The van der Waals surface area contributed by atoms with Crippen molar-refractivity contribution in [1.29, 1.82) is 0 Å². The molecule has 1 N–H and O–H groups in total. The topological polar surface area (TPSA) is 37.3 Å². The molecule has 0 aliphatic carbocycles. The Kier molecular flexibility index (Phi) is 4.51. The number of benzene rings is 2. The van der Waals surface area contributed by atoms with Gasteiger partial charge in [-0.05, 0) is 30.7 Å². The average molecular weight is 293 g/mol. The van der Waals surface area contributed by atoms with Crippen LogP contribution in [0.4, 0.5) is 0 Å². The monoisotopic (exact) mass is 292 g/mol. The Hall–Kier alpha value is -1.45. The van der Waals surface area contributed by atoms with Crippen molar-refractivity contribution < 1.29 is 9.90 Å². The highest BCUT2D eigenvalue weighted by molar-refractivity contribution is 7.98. The van der Waals surface area contributed by atoms with E-state index in [1.807, 2.05) is 12.1 Å². The van der Waals surface area contributed by atoms with Crippen molar-refractivity contribution in [2.24, 2.45) is 0 Å². The predicted molar refractivity (Wildman–Crippen MR) is 79.2 cm³/mol. The molecule has 2 rings (SSSR count). The van der Waals surface area contributed by atoms with Crippen LogP contribution < -0.4 is 0 Å². The fraction of sp³-hybridized carbons (Fsp3) is 0.133. The van der Waals surface area contributed by atoms with Crippen LogP contribution in [0.25, 0.3) is 0 Å². The van der Waals surface area contributed by atoms with E-state index >= 15 is 0 Å². The summed E-state index contributed by atoms with van der Waals surface area (Å²) in [6.07, 6.45) is 0. The maximum absolute atomic E-state index is 11.0. The molecule has 0 saturated heterocycles. The molecule has 0 bridgehead atoms. The Morgan fingerprint density at radius 1 is 1.26 bits per heavy atom. The zero-order valence-electron chi connectivity index (χ0n) is 10.4. The zero-order chi connectivity index (χ0) is 13.8. The van der Waals surface area contributed by atoms with Crippen LogP contribution in [0.15, 0.2) is 47.4 Å². The maximum atomic E-state index is 11.0. The molecule has 0 aliphatic heterocycles. The number of carboxylic acids is 1. The van der Waals surface area contributed by atoms with Crippen molar-refractivity contribution in [2.75, 3.05) is 0 Å². The van der Waals surface area contributed by atoms with Crippen LogP contribution in [-0.2, 0) is 5.75 Å². The Labute approximate surface area is 121 Å². The summed E-state index contributed by atoms with van der Waals surface area (Å²) >= 11 is 7.44. The molecule has 0 spiro atoms. The molecule has 0 radical (unpaired) electrons. The third kappa shape index (κ3) is 3.75. The Morgan fingerprint density at radius 2 is 2.05 bits per heavy atom. The van der Waals surface area contributed by atoms with E-state index in [1.54, 1.807) is 23.9 Å². The number of hydrogen-bond donors (Lipinski definition) is 1. The molecular formula is C15H13ClO2S. The number of hydrogen-bond acceptors (Lipinski definition) is 2. The summed E-state index contributed by atoms with van der Waals surface area (Å²) in [6.45, 7) is 2.05. The summed E-state index contributed by atoms with van der Waals surface area (Å²) in [7, 11) is 0. The molecule has 4 heteroatoms. The first-order chi connectivity index (χ1) is 9.06. The lowest BCUT2D eigenvalue weighted by molar-refractivity contribution is 0.0697.